The van der Waals surface area contributed by atoms with Gasteiger partial charge in [0.2, 0.25) is 0 Å². The number of rotatable bonds is 3. The third kappa shape index (κ3) is 2.94. The standard InChI is InChI=1S/C14H15NOS/c1-10-4-3-5-12(8-10)17-14-9-11(16-2)6-7-13(14)15/h3-9H,15H2,1-2H3. The summed E-state index contributed by atoms with van der Waals surface area (Å²) < 4.78 is 5.20. The van der Waals surface area contributed by atoms with E-state index in [1.165, 1.54) is 10.5 Å². The van der Waals surface area contributed by atoms with Gasteiger partial charge in [-0.2, -0.15) is 0 Å². The van der Waals surface area contributed by atoms with Crippen molar-refractivity contribution in [1.82, 2.24) is 0 Å². The zero-order valence-electron chi connectivity index (χ0n) is 9.94. The van der Waals surface area contributed by atoms with E-state index in [2.05, 4.69) is 25.1 Å². The Balaban J connectivity index is 2.29. The topological polar surface area (TPSA) is 35.2 Å². The zero-order valence-corrected chi connectivity index (χ0v) is 10.8. The lowest BCUT2D eigenvalue weighted by atomic mass is 10.2. The molecule has 0 aliphatic carbocycles. The van der Waals surface area contributed by atoms with Crippen LogP contribution in [0, 0.1) is 6.92 Å². The maximum atomic E-state index is 5.95. The highest BCUT2D eigenvalue weighted by atomic mass is 32.2. The van der Waals surface area contributed by atoms with E-state index in [4.69, 9.17) is 10.5 Å². The highest BCUT2D eigenvalue weighted by Gasteiger charge is 2.04. The lowest BCUT2D eigenvalue weighted by Crippen LogP contribution is -1.90. The van der Waals surface area contributed by atoms with Gasteiger partial charge in [-0.25, -0.2) is 0 Å². The number of nitrogen functional groups attached to an aromatic ring is 1. The maximum absolute atomic E-state index is 5.95. The quantitative estimate of drug-likeness (QED) is 0.837. The molecule has 2 rings (SSSR count). The first-order valence-electron chi connectivity index (χ1n) is 5.37. The van der Waals surface area contributed by atoms with Crippen molar-refractivity contribution in [1.29, 1.82) is 0 Å². The van der Waals surface area contributed by atoms with Crippen LogP contribution in [0.25, 0.3) is 0 Å². The molecule has 0 fully saturated rings. The van der Waals surface area contributed by atoms with Crippen LogP contribution in [0.4, 0.5) is 5.69 Å². The molecule has 3 heteroatoms. The predicted octanol–water partition coefficient (Wildman–Crippen LogP) is 3.74. The SMILES string of the molecule is COc1ccc(N)c(Sc2cccc(C)c2)c1. The number of ether oxygens (including phenoxy) is 1. The van der Waals surface area contributed by atoms with Gasteiger partial charge in [0.1, 0.15) is 5.75 Å². The molecule has 2 aromatic rings. The predicted molar refractivity (Wildman–Crippen MR) is 72.7 cm³/mol. The molecule has 0 aliphatic heterocycles. The molecule has 2 nitrogen and oxygen atoms in total. The molecule has 17 heavy (non-hydrogen) atoms. The highest BCUT2D eigenvalue weighted by molar-refractivity contribution is 7.99. The largest absolute Gasteiger partial charge is 0.497 e. The number of aryl methyl sites for hydroxylation is 1. The van der Waals surface area contributed by atoms with Gasteiger partial charge >= 0.3 is 0 Å². The van der Waals surface area contributed by atoms with Crippen molar-refractivity contribution in [2.45, 2.75) is 16.7 Å². The van der Waals surface area contributed by atoms with Gasteiger partial charge < -0.3 is 10.5 Å². The average Bonchev–Trinajstić information content (AvgIpc) is 2.32. The third-order valence-corrected chi connectivity index (χ3v) is 3.50. The molecule has 2 N–H and O–H groups in total. The first-order valence-corrected chi connectivity index (χ1v) is 6.19. The fourth-order valence-corrected chi connectivity index (χ4v) is 2.54. The highest BCUT2D eigenvalue weighted by Crippen LogP contribution is 2.34. The number of anilines is 1. The number of methoxy groups -OCH3 is 1. The van der Waals surface area contributed by atoms with Crippen molar-refractivity contribution < 1.29 is 4.74 Å². The summed E-state index contributed by atoms with van der Waals surface area (Å²) in [5, 5.41) is 0. The molecule has 2 aromatic carbocycles. The number of hydrogen-bond acceptors (Lipinski definition) is 3. The fourth-order valence-electron chi connectivity index (χ4n) is 1.54. The molecule has 0 heterocycles. The third-order valence-electron chi connectivity index (χ3n) is 2.44. The van der Waals surface area contributed by atoms with E-state index in [0.29, 0.717) is 0 Å². The number of hydrogen-bond donors (Lipinski definition) is 1. The van der Waals surface area contributed by atoms with E-state index in [1.807, 2.05) is 24.3 Å². The Hall–Kier alpha value is -1.61. The summed E-state index contributed by atoms with van der Waals surface area (Å²) in [6.07, 6.45) is 0. The average molecular weight is 245 g/mol. The molecule has 0 atom stereocenters. The van der Waals surface area contributed by atoms with Crippen LogP contribution in [-0.4, -0.2) is 7.11 Å². The Morgan fingerprint density at radius 2 is 1.94 bits per heavy atom. The van der Waals surface area contributed by atoms with E-state index in [9.17, 15) is 0 Å². The summed E-state index contributed by atoms with van der Waals surface area (Å²) in [6.45, 7) is 2.08. The number of benzene rings is 2. The zero-order chi connectivity index (χ0) is 12.3. The van der Waals surface area contributed by atoms with Gasteiger partial charge in [-0.15, -0.1) is 0 Å². The molecule has 0 bridgehead atoms. The first-order chi connectivity index (χ1) is 8.19. The second-order valence-corrected chi connectivity index (χ2v) is 4.94. The minimum absolute atomic E-state index is 0.775. The van der Waals surface area contributed by atoms with E-state index in [1.54, 1.807) is 18.9 Å². The van der Waals surface area contributed by atoms with Gasteiger partial charge in [0.05, 0.1) is 7.11 Å². The summed E-state index contributed by atoms with van der Waals surface area (Å²) in [4.78, 5) is 2.21. The second-order valence-electron chi connectivity index (χ2n) is 3.82. The van der Waals surface area contributed by atoms with Crippen LogP contribution in [0.5, 0.6) is 5.75 Å². The Kier molecular flexibility index (Phi) is 3.59. The molecule has 0 saturated heterocycles. The first kappa shape index (κ1) is 11.9. The van der Waals surface area contributed by atoms with Crippen molar-refractivity contribution >= 4 is 17.4 Å². The minimum Gasteiger partial charge on any atom is -0.497 e. The summed E-state index contributed by atoms with van der Waals surface area (Å²) >= 11 is 1.65. The molecule has 0 aliphatic rings. The second kappa shape index (κ2) is 5.15. The van der Waals surface area contributed by atoms with Crippen LogP contribution >= 0.6 is 11.8 Å². The van der Waals surface area contributed by atoms with Gasteiger partial charge in [-0.05, 0) is 37.3 Å². The summed E-state index contributed by atoms with van der Waals surface area (Å²) in [6, 6.07) is 14.1. The minimum atomic E-state index is 0.775. The molecular formula is C14H15NOS. The summed E-state index contributed by atoms with van der Waals surface area (Å²) in [5.74, 6) is 0.828. The van der Waals surface area contributed by atoms with Crippen LogP contribution in [0.2, 0.25) is 0 Å². The van der Waals surface area contributed by atoms with Gasteiger partial charge in [0.25, 0.3) is 0 Å². The fraction of sp³-hybridized carbons (Fsp3) is 0.143. The van der Waals surface area contributed by atoms with Crippen LogP contribution < -0.4 is 10.5 Å². The van der Waals surface area contributed by atoms with Gasteiger partial charge in [-0.3, -0.25) is 0 Å². The molecule has 0 saturated carbocycles. The van der Waals surface area contributed by atoms with Crippen LogP contribution in [0.15, 0.2) is 52.3 Å². The molecule has 0 amide bonds. The molecule has 88 valence electrons. The summed E-state index contributed by atoms with van der Waals surface area (Å²) in [7, 11) is 1.66. The van der Waals surface area contributed by atoms with Crippen molar-refractivity contribution in [3.8, 4) is 5.75 Å². The van der Waals surface area contributed by atoms with E-state index >= 15 is 0 Å². The molecule has 0 radical (unpaired) electrons. The normalized spacial score (nSPS) is 10.2. The molecule has 0 aromatic heterocycles. The Labute approximate surface area is 106 Å². The summed E-state index contributed by atoms with van der Waals surface area (Å²) in [5.41, 5.74) is 7.98. The lowest BCUT2D eigenvalue weighted by Gasteiger charge is -2.08. The van der Waals surface area contributed by atoms with Gasteiger partial charge in [-0.1, -0.05) is 29.5 Å². The van der Waals surface area contributed by atoms with Gasteiger partial charge in [0, 0.05) is 15.5 Å². The van der Waals surface area contributed by atoms with E-state index in [-0.39, 0.29) is 0 Å². The molecule has 0 unspecified atom stereocenters. The lowest BCUT2D eigenvalue weighted by molar-refractivity contribution is 0.414. The Morgan fingerprint density at radius 3 is 2.65 bits per heavy atom. The van der Waals surface area contributed by atoms with Crippen LogP contribution in [0.1, 0.15) is 5.56 Å². The molecular weight excluding hydrogens is 230 g/mol. The smallest absolute Gasteiger partial charge is 0.120 e. The van der Waals surface area contributed by atoms with Crippen LogP contribution in [-0.2, 0) is 0 Å². The van der Waals surface area contributed by atoms with E-state index in [0.717, 1.165) is 16.3 Å². The van der Waals surface area contributed by atoms with Crippen molar-refractivity contribution in [3.63, 3.8) is 0 Å². The van der Waals surface area contributed by atoms with Gasteiger partial charge in [0.15, 0.2) is 0 Å². The maximum Gasteiger partial charge on any atom is 0.120 e. The Bertz CT molecular complexity index is 525. The Morgan fingerprint density at radius 1 is 1.12 bits per heavy atom. The van der Waals surface area contributed by atoms with Crippen molar-refractivity contribution in [3.05, 3.63) is 48.0 Å². The van der Waals surface area contributed by atoms with Crippen LogP contribution in [0.3, 0.4) is 0 Å². The number of nitrogens with two attached hydrogens (primary N) is 1. The van der Waals surface area contributed by atoms with E-state index < -0.39 is 0 Å². The van der Waals surface area contributed by atoms with Crippen molar-refractivity contribution in [2.24, 2.45) is 0 Å². The monoisotopic (exact) mass is 245 g/mol. The van der Waals surface area contributed by atoms with Crippen molar-refractivity contribution in [2.75, 3.05) is 12.8 Å². The molecule has 0 spiro atoms.